The van der Waals surface area contributed by atoms with Crippen molar-refractivity contribution in [3.8, 4) is 0 Å². The monoisotopic (exact) mass is 485 g/mol. The number of halogens is 2. The average Bonchev–Trinajstić information content (AvgIpc) is 3.11. The molecule has 0 saturated carbocycles. The maximum absolute atomic E-state index is 13.5. The van der Waals surface area contributed by atoms with E-state index in [2.05, 4.69) is 15.4 Å². The first-order valence-corrected chi connectivity index (χ1v) is 11.6. The minimum Gasteiger partial charge on any atom is -0.325 e. The Bertz CT molecular complexity index is 1400. The molecule has 170 valence electrons. The minimum atomic E-state index is -0.440. The molecule has 0 spiro atoms. The standard InChI is InChI=1S/C23H21ClFN5O2S/c1-3-30-21-20(14(2)28-30)27-23(29(22(21)32)12-15-7-4-5-10-18(15)24)33-13-19(31)26-17-9-6-8-16(25)11-17/h4-11H,3,12-13H2,1-2H3,(H,26,31). The first-order chi connectivity index (χ1) is 15.9. The van der Waals surface area contributed by atoms with Crippen molar-refractivity contribution < 1.29 is 9.18 Å². The van der Waals surface area contributed by atoms with Gasteiger partial charge in [0.1, 0.15) is 11.3 Å². The van der Waals surface area contributed by atoms with Gasteiger partial charge in [0, 0.05) is 17.3 Å². The molecule has 0 fully saturated rings. The Morgan fingerprint density at radius 1 is 1.21 bits per heavy atom. The molecular weight excluding hydrogens is 465 g/mol. The lowest BCUT2D eigenvalue weighted by molar-refractivity contribution is -0.113. The van der Waals surface area contributed by atoms with Crippen molar-refractivity contribution in [3.63, 3.8) is 0 Å². The molecule has 2 heterocycles. The highest BCUT2D eigenvalue weighted by Gasteiger charge is 2.19. The first kappa shape index (κ1) is 23.0. The summed E-state index contributed by atoms with van der Waals surface area (Å²) in [6, 6.07) is 12.9. The molecule has 1 N–H and O–H groups in total. The predicted molar refractivity (Wildman–Crippen MR) is 129 cm³/mol. The second-order valence-corrected chi connectivity index (χ2v) is 8.67. The highest BCUT2D eigenvalue weighted by Crippen LogP contribution is 2.23. The Morgan fingerprint density at radius 2 is 2.00 bits per heavy atom. The van der Waals surface area contributed by atoms with Gasteiger partial charge in [0.05, 0.1) is 18.0 Å². The van der Waals surface area contributed by atoms with Crippen LogP contribution >= 0.6 is 23.4 Å². The number of hydrogen-bond donors (Lipinski definition) is 1. The molecule has 7 nitrogen and oxygen atoms in total. The van der Waals surface area contributed by atoms with Crippen LogP contribution in [0.3, 0.4) is 0 Å². The van der Waals surface area contributed by atoms with Crippen LogP contribution in [0.4, 0.5) is 10.1 Å². The van der Waals surface area contributed by atoms with Gasteiger partial charge < -0.3 is 5.32 Å². The average molecular weight is 486 g/mol. The van der Waals surface area contributed by atoms with Crippen LogP contribution < -0.4 is 10.9 Å². The molecule has 0 saturated heterocycles. The summed E-state index contributed by atoms with van der Waals surface area (Å²) < 4.78 is 16.5. The van der Waals surface area contributed by atoms with Gasteiger partial charge in [-0.2, -0.15) is 5.10 Å². The summed E-state index contributed by atoms with van der Waals surface area (Å²) in [5, 5.41) is 7.99. The number of nitrogens with one attached hydrogen (secondary N) is 1. The smallest absolute Gasteiger partial charge is 0.280 e. The second kappa shape index (κ2) is 9.76. The summed E-state index contributed by atoms with van der Waals surface area (Å²) in [5.41, 5.74) is 2.42. The number of thioether (sulfide) groups is 1. The lowest BCUT2D eigenvalue weighted by Crippen LogP contribution is -2.26. The fraction of sp³-hybridized carbons (Fsp3) is 0.217. The Kier molecular flexibility index (Phi) is 6.80. The Labute approximate surface area is 198 Å². The molecule has 0 atom stereocenters. The van der Waals surface area contributed by atoms with E-state index >= 15 is 0 Å². The summed E-state index contributed by atoms with van der Waals surface area (Å²) in [6.45, 7) is 4.42. The lowest BCUT2D eigenvalue weighted by atomic mass is 10.2. The van der Waals surface area contributed by atoms with E-state index in [-0.39, 0.29) is 23.8 Å². The summed E-state index contributed by atoms with van der Waals surface area (Å²) in [6.07, 6.45) is 0. The van der Waals surface area contributed by atoms with Crippen LogP contribution in [0.5, 0.6) is 0 Å². The van der Waals surface area contributed by atoms with Gasteiger partial charge in [0.15, 0.2) is 10.7 Å². The van der Waals surface area contributed by atoms with E-state index in [9.17, 15) is 14.0 Å². The summed E-state index contributed by atoms with van der Waals surface area (Å²) in [5.74, 6) is -0.799. The van der Waals surface area contributed by atoms with Gasteiger partial charge in [0.25, 0.3) is 5.56 Å². The van der Waals surface area contributed by atoms with Gasteiger partial charge in [0.2, 0.25) is 5.91 Å². The number of fused-ring (bicyclic) bond motifs is 1. The van der Waals surface area contributed by atoms with E-state index in [1.807, 2.05) is 25.1 Å². The molecule has 0 unspecified atom stereocenters. The van der Waals surface area contributed by atoms with E-state index < -0.39 is 5.82 Å². The molecule has 0 aliphatic heterocycles. The topological polar surface area (TPSA) is 81.8 Å². The largest absolute Gasteiger partial charge is 0.325 e. The molecule has 0 aliphatic rings. The van der Waals surface area contributed by atoms with Gasteiger partial charge in [-0.3, -0.25) is 18.8 Å². The third-order valence-electron chi connectivity index (χ3n) is 5.01. The van der Waals surface area contributed by atoms with Crippen LogP contribution in [-0.4, -0.2) is 31.0 Å². The van der Waals surface area contributed by atoms with Crippen LogP contribution in [0.2, 0.25) is 5.02 Å². The van der Waals surface area contributed by atoms with Crippen LogP contribution in [0.15, 0.2) is 58.5 Å². The predicted octanol–water partition coefficient (Wildman–Crippen LogP) is 4.49. The van der Waals surface area contributed by atoms with Crippen molar-refractivity contribution in [2.45, 2.75) is 32.1 Å². The van der Waals surface area contributed by atoms with Crippen molar-refractivity contribution in [2.75, 3.05) is 11.1 Å². The summed E-state index contributed by atoms with van der Waals surface area (Å²) >= 11 is 7.46. The van der Waals surface area contributed by atoms with Gasteiger partial charge in [-0.1, -0.05) is 47.6 Å². The van der Waals surface area contributed by atoms with Crippen LogP contribution in [0.25, 0.3) is 11.0 Å². The number of hydrogen-bond acceptors (Lipinski definition) is 5. The minimum absolute atomic E-state index is 0.0159. The van der Waals surface area contributed by atoms with Crippen LogP contribution in [0.1, 0.15) is 18.2 Å². The number of anilines is 1. The highest BCUT2D eigenvalue weighted by atomic mass is 35.5. The third-order valence-corrected chi connectivity index (χ3v) is 6.35. The van der Waals surface area contributed by atoms with Gasteiger partial charge in [-0.25, -0.2) is 9.37 Å². The van der Waals surface area contributed by atoms with Crippen LogP contribution in [-0.2, 0) is 17.9 Å². The molecule has 2 aromatic heterocycles. The molecule has 4 rings (SSSR count). The molecular formula is C23H21ClFN5O2S. The number of rotatable bonds is 7. The fourth-order valence-corrected chi connectivity index (χ4v) is 4.44. The molecule has 0 radical (unpaired) electrons. The summed E-state index contributed by atoms with van der Waals surface area (Å²) in [4.78, 5) is 30.7. The van der Waals surface area contributed by atoms with E-state index in [0.717, 1.165) is 17.3 Å². The van der Waals surface area contributed by atoms with Crippen molar-refractivity contribution in [1.82, 2.24) is 19.3 Å². The Morgan fingerprint density at radius 3 is 2.73 bits per heavy atom. The number of aryl methyl sites for hydroxylation is 2. The normalized spacial score (nSPS) is 11.2. The fourth-order valence-electron chi connectivity index (χ4n) is 3.46. The SMILES string of the molecule is CCn1nc(C)c2nc(SCC(=O)Nc3cccc(F)c3)n(Cc3ccccc3Cl)c(=O)c21. The van der Waals surface area contributed by atoms with Gasteiger partial charge in [-0.15, -0.1) is 0 Å². The molecule has 33 heavy (non-hydrogen) atoms. The van der Waals surface area contributed by atoms with E-state index in [4.69, 9.17) is 11.6 Å². The maximum Gasteiger partial charge on any atom is 0.280 e. The number of amides is 1. The van der Waals surface area contributed by atoms with E-state index in [1.54, 1.807) is 23.7 Å². The number of carbonyl (C=O) groups excluding carboxylic acids is 1. The third kappa shape index (κ3) is 4.94. The molecule has 4 aromatic rings. The Hall–Kier alpha value is -3.17. The zero-order valence-electron chi connectivity index (χ0n) is 18.0. The zero-order chi connectivity index (χ0) is 23.5. The molecule has 0 aliphatic carbocycles. The van der Waals surface area contributed by atoms with Gasteiger partial charge >= 0.3 is 0 Å². The number of aromatic nitrogens is 4. The second-order valence-electron chi connectivity index (χ2n) is 7.32. The van der Waals surface area contributed by atoms with Crippen molar-refractivity contribution >= 4 is 46.0 Å². The molecule has 0 bridgehead atoms. The van der Waals surface area contributed by atoms with E-state index in [1.165, 1.54) is 22.8 Å². The number of benzene rings is 2. The number of nitrogens with zero attached hydrogens (tertiary/aromatic N) is 4. The van der Waals surface area contributed by atoms with Crippen molar-refractivity contribution in [1.29, 1.82) is 0 Å². The molecule has 2 aromatic carbocycles. The maximum atomic E-state index is 13.5. The molecule has 1 amide bonds. The van der Waals surface area contributed by atoms with Crippen molar-refractivity contribution in [3.05, 3.63) is 81.0 Å². The zero-order valence-corrected chi connectivity index (χ0v) is 19.6. The van der Waals surface area contributed by atoms with Gasteiger partial charge in [-0.05, 0) is 43.7 Å². The van der Waals surface area contributed by atoms with Crippen LogP contribution in [0, 0.1) is 12.7 Å². The highest BCUT2D eigenvalue weighted by molar-refractivity contribution is 7.99. The lowest BCUT2D eigenvalue weighted by Gasteiger charge is -2.13. The molecule has 10 heteroatoms. The summed E-state index contributed by atoms with van der Waals surface area (Å²) in [7, 11) is 0. The van der Waals surface area contributed by atoms with Crippen molar-refractivity contribution in [2.24, 2.45) is 0 Å². The quantitative estimate of drug-likeness (QED) is 0.308. The van der Waals surface area contributed by atoms with E-state index in [0.29, 0.717) is 39.1 Å². The first-order valence-electron chi connectivity index (χ1n) is 10.3. The Balaban J connectivity index is 1.69. The number of carbonyl (C=O) groups is 1.